The Morgan fingerprint density at radius 2 is 0.560 bits per heavy atom. The summed E-state index contributed by atoms with van der Waals surface area (Å²) in [6.07, 6.45) is 95.5. The van der Waals surface area contributed by atoms with Crippen LogP contribution in [0.2, 0.25) is 0 Å². The monoisotopic (exact) mass is 1050 g/mol. The molecule has 75 heavy (non-hydrogen) atoms. The second-order valence-electron chi connectivity index (χ2n) is 22.9. The van der Waals surface area contributed by atoms with Crippen molar-refractivity contribution in [3.63, 3.8) is 0 Å². The zero-order chi connectivity index (χ0) is 54.1. The lowest BCUT2D eigenvalue weighted by molar-refractivity contribution is -0.123. The van der Waals surface area contributed by atoms with Crippen molar-refractivity contribution >= 4 is 5.91 Å². The van der Waals surface area contributed by atoms with Crippen molar-refractivity contribution in [2.24, 2.45) is 0 Å². The molecule has 0 aromatic carbocycles. The topological polar surface area (TPSA) is 69.6 Å². The van der Waals surface area contributed by atoms with Gasteiger partial charge in [0.05, 0.1) is 18.8 Å². The quantitative estimate of drug-likeness (QED) is 0.0420. The first kappa shape index (κ1) is 72.8. The van der Waals surface area contributed by atoms with E-state index in [1.807, 2.05) is 6.08 Å². The molecule has 1 amide bonds. The van der Waals surface area contributed by atoms with Gasteiger partial charge in [0.2, 0.25) is 5.91 Å². The molecule has 0 aliphatic heterocycles. The van der Waals surface area contributed by atoms with Crippen LogP contribution in [0.25, 0.3) is 0 Å². The van der Waals surface area contributed by atoms with Gasteiger partial charge in [-0.1, -0.05) is 337 Å². The Hall–Kier alpha value is -2.17. The van der Waals surface area contributed by atoms with E-state index >= 15 is 0 Å². The molecule has 0 fully saturated rings. The van der Waals surface area contributed by atoms with Gasteiger partial charge in [0.15, 0.2) is 0 Å². The number of allylic oxidation sites excluding steroid dienone is 11. The fourth-order valence-electron chi connectivity index (χ4n) is 10.3. The SMILES string of the molecule is CCCCCCC/C=C\C/C=C\C/C=C\CCCCCCCCCCCCCCCCCCCCCCCCCCC(=O)NC(CO)C(O)/C=C/CC/C=C/CC/C=C/CCCCCCCCCCCCCCCC. The predicted octanol–water partition coefficient (Wildman–Crippen LogP) is 22.9. The van der Waals surface area contributed by atoms with Crippen molar-refractivity contribution in [3.8, 4) is 0 Å². The molecule has 0 saturated carbocycles. The number of amides is 1. The molecule has 3 N–H and O–H groups in total. The molecule has 0 aromatic heterocycles. The van der Waals surface area contributed by atoms with E-state index in [1.54, 1.807) is 6.08 Å². The van der Waals surface area contributed by atoms with Crippen LogP contribution in [0.5, 0.6) is 0 Å². The van der Waals surface area contributed by atoms with Crippen molar-refractivity contribution in [2.45, 2.75) is 366 Å². The van der Waals surface area contributed by atoms with Crippen LogP contribution in [-0.2, 0) is 4.79 Å². The lowest BCUT2D eigenvalue weighted by atomic mass is 10.0. The predicted molar refractivity (Wildman–Crippen MR) is 336 cm³/mol. The third-order valence-corrected chi connectivity index (χ3v) is 15.4. The Morgan fingerprint density at radius 1 is 0.320 bits per heavy atom. The molecule has 0 aliphatic carbocycles. The minimum absolute atomic E-state index is 0.0729. The lowest BCUT2D eigenvalue weighted by Gasteiger charge is -2.19. The molecular weight excluding hydrogens is 915 g/mol. The number of aliphatic hydroxyl groups is 2. The maximum atomic E-state index is 12.5. The second-order valence-corrected chi connectivity index (χ2v) is 22.9. The van der Waals surface area contributed by atoms with Crippen molar-refractivity contribution in [2.75, 3.05) is 6.61 Å². The van der Waals surface area contributed by atoms with E-state index in [0.29, 0.717) is 6.42 Å². The molecule has 2 unspecified atom stereocenters. The Labute approximate surface area is 469 Å². The molecule has 438 valence electrons. The van der Waals surface area contributed by atoms with Gasteiger partial charge in [-0.2, -0.15) is 0 Å². The molecule has 4 nitrogen and oxygen atoms in total. The molecule has 0 aromatic rings. The molecule has 0 heterocycles. The van der Waals surface area contributed by atoms with Crippen molar-refractivity contribution < 1.29 is 15.0 Å². The molecule has 2 atom stereocenters. The van der Waals surface area contributed by atoms with Gasteiger partial charge in [-0.05, 0) is 83.5 Å². The Bertz CT molecular complexity index is 1280. The minimum atomic E-state index is -0.873. The standard InChI is InChI=1S/C71H131NO3/c1-3-5-7-9-11-13-15-17-19-21-23-25-27-29-30-31-32-33-34-35-36-37-38-39-40-41-42-43-45-47-49-51-53-55-57-59-61-63-65-67-71(75)72-69(68-73)70(74)66-64-62-60-58-56-54-52-50-48-46-44-28-26-24-22-20-18-16-14-12-10-8-6-4-2/h15,17,21,23,27,29,48,50,56,58,64,66,69-70,73-74H,3-14,16,18-20,22,24-26,28,30-47,49,51-55,57,59-63,65,67-68H2,1-2H3,(H,72,75)/b17-15-,23-21-,29-27-,50-48+,58-56+,66-64+. The number of unbranched alkanes of at least 4 members (excludes halogenated alkanes) is 45. The van der Waals surface area contributed by atoms with E-state index in [2.05, 4.69) is 79.9 Å². The first-order valence-electron chi connectivity index (χ1n) is 33.7. The van der Waals surface area contributed by atoms with Crippen molar-refractivity contribution in [1.29, 1.82) is 0 Å². The fraction of sp³-hybridized carbons (Fsp3) is 0.817. The highest BCUT2D eigenvalue weighted by Gasteiger charge is 2.18. The van der Waals surface area contributed by atoms with E-state index < -0.39 is 12.1 Å². The van der Waals surface area contributed by atoms with Crippen LogP contribution >= 0.6 is 0 Å². The van der Waals surface area contributed by atoms with Crippen molar-refractivity contribution in [3.05, 3.63) is 72.9 Å². The highest BCUT2D eigenvalue weighted by molar-refractivity contribution is 5.76. The normalized spacial score (nSPS) is 13.2. The van der Waals surface area contributed by atoms with Crippen LogP contribution in [0.4, 0.5) is 0 Å². The third kappa shape index (κ3) is 62.6. The highest BCUT2D eigenvalue weighted by atomic mass is 16.3. The van der Waals surface area contributed by atoms with Gasteiger partial charge in [0.25, 0.3) is 0 Å². The maximum Gasteiger partial charge on any atom is 0.220 e. The lowest BCUT2D eigenvalue weighted by Crippen LogP contribution is -2.45. The summed E-state index contributed by atoms with van der Waals surface area (Å²) in [5, 5.41) is 23.2. The maximum absolute atomic E-state index is 12.5. The summed E-state index contributed by atoms with van der Waals surface area (Å²) in [4.78, 5) is 12.5. The summed E-state index contributed by atoms with van der Waals surface area (Å²) in [5.41, 5.74) is 0. The summed E-state index contributed by atoms with van der Waals surface area (Å²) >= 11 is 0. The average Bonchev–Trinajstić information content (AvgIpc) is 3.41. The first-order chi connectivity index (χ1) is 37.2. The molecule has 4 heteroatoms. The van der Waals surface area contributed by atoms with E-state index in [0.717, 1.165) is 51.4 Å². The van der Waals surface area contributed by atoms with Gasteiger partial charge < -0.3 is 15.5 Å². The van der Waals surface area contributed by atoms with Gasteiger partial charge in [-0.25, -0.2) is 0 Å². The average molecular weight is 1050 g/mol. The van der Waals surface area contributed by atoms with Crippen LogP contribution in [0.3, 0.4) is 0 Å². The van der Waals surface area contributed by atoms with Crippen LogP contribution < -0.4 is 5.32 Å². The van der Waals surface area contributed by atoms with Gasteiger partial charge in [0, 0.05) is 6.42 Å². The van der Waals surface area contributed by atoms with Crippen molar-refractivity contribution in [1.82, 2.24) is 5.32 Å². The number of carbonyl (C=O) groups is 1. The van der Waals surface area contributed by atoms with Gasteiger partial charge in [-0.3, -0.25) is 4.79 Å². The zero-order valence-corrected chi connectivity index (χ0v) is 50.6. The Balaban J connectivity index is 3.47. The number of carbonyl (C=O) groups excluding carboxylic acids is 1. The Morgan fingerprint density at radius 3 is 0.867 bits per heavy atom. The van der Waals surface area contributed by atoms with E-state index in [9.17, 15) is 15.0 Å². The highest BCUT2D eigenvalue weighted by Crippen LogP contribution is 2.18. The first-order valence-corrected chi connectivity index (χ1v) is 33.7. The van der Waals surface area contributed by atoms with Gasteiger partial charge >= 0.3 is 0 Å². The molecule has 0 aliphatic rings. The molecule has 0 spiro atoms. The summed E-state index contributed by atoms with van der Waals surface area (Å²) in [7, 11) is 0. The minimum Gasteiger partial charge on any atom is -0.394 e. The summed E-state index contributed by atoms with van der Waals surface area (Å²) in [5.74, 6) is -0.0729. The third-order valence-electron chi connectivity index (χ3n) is 15.4. The number of nitrogens with one attached hydrogen (secondary N) is 1. The fourth-order valence-corrected chi connectivity index (χ4v) is 10.3. The summed E-state index contributed by atoms with van der Waals surface area (Å²) in [6, 6.07) is -0.648. The zero-order valence-electron chi connectivity index (χ0n) is 50.6. The van der Waals surface area contributed by atoms with Gasteiger partial charge in [-0.15, -0.1) is 0 Å². The molecule has 0 saturated heterocycles. The van der Waals surface area contributed by atoms with Crippen LogP contribution in [0.15, 0.2) is 72.9 Å². The van der Waals surface area contributed by atoms with Crippen LogP contribution in [-0.4, -0.2) is 34.9 Å². The summed E-state index contributed by atoms with van der Waals surface area (Å²) < 4.78 is 0. The number of hydrogen-bond donors (Lipinski definition) is 3. The molecule has 0 bridgehead atoms. The smallest absolute Gasteiger partial charge is 0.220 e. The number of hydrogen-bond acceptors (Lipinski definition) is 3. The van der Waals surface area contributed by atoms with Crippen LogP contribution in [0.1, 0.15) is 354 Å². The molecule has 0 radical (unpaired) electrons. The molecule has 0 rings (SSSR count). The number of rotatable bonds is 62. The second kappa shape index (κ2) is 66.1. The largest absolute Gasteiger partial charge is 0.394 e. The van der Waals surface area contributed by atoms with E-state index in [1.165, 1.54) is 283 Å². The Kier molecular flexibility index (Phi) is 64.2. The summed E-state index contributed by atoms with van der Waals surface area (Å²) in [6.45, 7) is 4.31. The number of aliphatic hydroxyl groups excluding tert-OH is 2. The van der Waals surface area contributed by atoms with Crippen LogP contribution in [0, 0.1) is 0 Å². The van der Waals surface area contributed by atoms with E-state index in [-0.39, 0.29) is 12.5 Å². The van der Waals surface area contributed by atoms with E-state index in [4.69, 9.17) is 0 Å². The van der Waals surface area contributed by atoms with Gasteiger partial charge in [0.1, 0.15) is 0 Å². The molecular formula is C71H131NO3.